The van der Waals surface area contributed by atoms with Crippen LogP contribution in [0.5, 0.6) is 0 Å². The quantitative estimate of drug-likeness (QED) is 0.724. The van der Waals surface area contributed by atoms with Gasteiger partial charge in [0.15, 0.2) is 0 Å². The van der Waals surface area contributed by atoms with Crippen LogP contribution in [0.25, 0.3) is 10.2 Å². The molecular formula is C20H22ClN3O2S. The Kier molecular flexibility index (Phi) is 4.84. The molecule has 27 heavy (non-hydrogen) atoms. The lowest BCUT2D eigenvalue weighted by Crippen LogP contribution is -2.43. The molecule has 7 heteroatoms. The summed E-state index contributed by atoms with van der Waals surface area (Å²) < 4.78 is 1.77. The molecule has 1 aliphatic heterocycles. The molecule has 4 rings (SSSR count). The number of nitrogens with zero attached hydrogens (tertiary/aromatic N) is 3. The van der Waals surface area contributed by atoms with E-state index in [0.717, 1.165) is 40.1 Å². The van der Waals surface area contributed by atoms with Crippen molar-refractivity contribution in [3.05, 3.63) is 62.5 Å². The standard InChI is InChI=1S/C20H22ClN3O2S/c1-13-11-14(2)22-18-17(13)19(25)24(27-18)12-23-9-7-20(26,8-10-23)15-3-5-16(21)6-4-15/h3-6,11,26H,7-10,12H2,1-2H3. The number of hydrogen-bond acceptors (Lipinski definition) is 5. The second-order valence-corrected chi connectivity index (χ2v) is 8.78. The van der Waals surface area contributed by atoms with Gasteiger partial charge in [-0.25, -0.2) is 8.94 Å². The third kappa shape index (κ3) is 3.55. The Balaban J connectivity index is 1.50. The van der Waals surface area contributed by atoms with Gasteiger partial charge >= 0.3 is 0 Å². The summed E-state index contributed by atoms with van der Waals surface area (Å²) in [6.07, 6.45) is 1.26. The predicted octanol–water partition coefficient (Wildman–Crippen LogP) is 3.67. The van der Waals surface area contributed by atoms with Gasteiger partial charge in [-0.15, -0.1) is 0 Å². The van der Waals surface area contributed by atoms with Crippen molar-refractivity contribution >= 4 is 33.4 Å². The Morgan fingerprint density at radius 2 is 1.89 bits per heavy atom. The van der Waals surface area contributed by atoms with Gasteiger partial charge in [0.1, 0.15) is 4.83 Å². The van der Waals surface area contributed by atoms with Gasteiger partial charge < -0.3 is 5.11 Å². The first-order valence-corrected chi connectivity index (χ1v) is 10.2. The van der Waals surface area contributed by atoms with Gasteiger partial charge in [-0.2, -0.15) is 0 Å². The lowest BCUT2D eigenvalue weighted by atomic mass is 9.84. The van der Waals surface area contributed by atoms with Crippen LogP contribution in [0.1, 0.15) is 29.7 Å². The maximum absolute atomic E-state index is 12.8. The fourth-order valence-electron chi connectivity index (χ4n) is 3.79. The van der Waals surface area contributed by atoms with Crippen LogP contribution in [0, 0.1) is 13.8 Å². The molecule has 3 aromatic rings. The zero-order valence-corrected chi connectivity index (χ0v) is 17.0. The zero-order valence-electron chi connectivity index (χ0n) is 15.4. The predicted molar refractivity (Wildman–Crippen MR) is 110 cm³/mol. The molecule has 0 unspecified atom stereocenters. The van der Waals surface area contributed by atoms with Crippen LogP contribution >= 0.6 is 23.1 Å². The summed E-state index contributed by atoms with van der Waals surface area (Å²) in [5, 5.41) is 12.4. The normalized spacial score (nSPS) is 17.5. The van der Waals surface area contributed by atoms with E-state index < -0.39 is 5.60 Å². The molecule has 142 valence electrons. The average molecular weight is 404 g/mol. The summed E-state index contributed by atoms with van der Waals surface area (Å²) in [7, 11) is 0. The maximum Gasteiger partial charge on any atom is 0.271 e. The third-order valence-electron chi connectivity index (χ3n) is 5.34. The van der Waals surface area contributed by atoms with E-state index >= 15 is 0 Å². The number of benzene rings is 1. The van der Waals surface area contributed by atoms with Crippen molar-refractivity contribution in [2.75, 3.05) is 13.1 Å². The topological polar surface area (TPSA) is 58.4 Å². The highest BCUT2D eigenvalue weighted by Crippen LogP contribution is 2.33. The van der Waals surface area contributed by atoms with E-state index in [1.165, 1.54) is 11.5 Å². The Morgan fingerprint density at radius 3 is 2.56 bits per heavy atom. The van der Waals surface area contributed by atoms with Gasteiger partial charge in [0.2, 0.25) is 0 Å². The van der Waals surface area contributed by atoms with Crippen LogP contribution in [-0.4, -0.2) is 32.0 Å². The van der Waals surface area contributed by atoms with E-state index in [1.54, 1.807) is 3.96 Å². The van der Waals surface area contributed by atoms with Crippen molar-refractivity contribution in [2.24, 2.45) is 0 Å². The second kappa shape index (κ2) is 7.02. The Labute approximate surface area is 167 Å². The number of hydrogen-bond donors (Lipinski definition) is 1. The molecule has 0 amide bonds. The molecule has 1 fully saturated rings. The molecule has 2 aromatic heterocycles. The molecule has 1 aliphatic rings. The van der Waals surface area contributed by atoms with Crippen LogP contribution < -0.4 is 5.56 Å². The minimum atomic E-state index is -0.832. The van der Waals surface area contributed by atoms with Crippen molar-refractivity contribution in [2.45, 2.75) is 39.0 Å². The van der Waals surface area contributed by atoms with Gasteiger partial charge in [0.05, 0.1) is 17.7 Å². The number of aromatic nitrogens is 2. The van der Waals surface area contributed by atoms with Crippen LogP contribution in [0.15, 0.2) is 35.1 Å². The Hall–Kier alpha value is -1.73. The molecule has 0 spiro atoms. The second-order valence-electron chi connectivity index (χ2n) is 7.33. The zero-order chi connectivity index (χ0) is 19.2. The molecule has 1 N–H and O–H groups in total. The summed E-state index contributed by atoms with van der Waals surface area (Å²) in [6.45, 7) is 5.90. The van der Waals surface area contributed by atoms with Crippen molar-refractivity contribution < 1.29 is 5.11 Å². The average Bonchev–Trinajstić information content (AvgIpc) is 2.93. The minimum absolute atomic E-state index is 0.0264. The highest BCUT2D eigenvalue weighted by atomic mass is 35.5. The summed E-state index contributed by atoms with van der Waals surface area (Å²) in [4.78, 5) is 20.3. The number of fused-ring (bicyclic) bond motifs is 1. The monoisotopic (exact) mass is 403 g/mol. The van der Waals surface area contributed by atoms with E-state index in [4.69, 9.17) is 11.6 Å². The first-order chi connectivity index (χ1) is 12.9. The van der Waals surface area contributed by atoms with E-state index in [1.807, 2.05) is 44.2 Å². The maximum atomic E-state index is 12.8. The van der Waals surface area contributed by atoms with E-state index in [2.05, 4.69) is 9.88 Å². The SMILES string of the molecule is Cc1cc(C)c2c(=O)n(CN3CCC(O)(c4ccc(Cl)cc4)CC3)sc2n1. The first-order valence-electron chi connectivity index (χ1n) is 9.04. The summed E-state index contributed by atoms with van der Waals surface area (Å²) in [5.41, 5.74) is 2.01. The molecule has 0 atom stereocenters. The number of aliphatic hydroxyl groups is 1. The van der Waals surface area contributed by atoms with Crippen molar-refractivity contribution in [1.82, 2.24) is 13.8 Å². The summed E-state index contributed by atoms with van der Waals surface area (Å²) >= 11 is 7.37. The van der Waals surface area contributed by atoms with Crippen molar-refractivity contribution in [3.8, 4) is 0 Å². The van der Waals surface area contributed by atoms with Crippen LogP contribution in [0.3, 0.4) is 0 Å². The molecule has 5 nitrogen and oxygen atoms in total. The van der Waals surface area contributed by atoms with Crippen molar-refractivity contribution in [3.63, 3.8) is 0 Å². The highest BCUT2D eigenvalue weighted by molar-refractivity contribution is 7.13. The number of halogens is 1. The fourth-order valence-corrected chi connectivity index (χ4v) is 5.04. The van der Waals surface area contributed by atoms with Crippen molar-refractivity contribution in [1.29, 1.82) is 0 Å². The van der Waals surface area contributed by atoms with Gasteiger partial charge in [0, 0.05) is 23.8 Å². The van der Waals surface area contributed by atoms with Gasteiger partial charge in [-0.05, 0) is 67.5 Å². The van der Waals surface area contributed by atoms with Crippen LogP contribution in [0.4, 0.5) is 0 Å². The third-order valence-corrected chi connectivity index (χ3v) is 6.56. The van der Waals surface area contributed by atoms with E-state index in [9.17, 15) is 9.90 Å². The van der Waals surface area contributed by atoms with Gasteiger partial charge in [-0.3, -0.25) is 9.69 Å². The van der Waals surface area contributed by atoms with Crippen LogP contribution in [-0.2, 0) is 12.3 Å². The molecule has 1 saturated heterocycles. The molecule has 0 saturated carbocycles. The lowest BCUT2D eigenvalue weighted by Gasteiger charge is -2.38. The number of aryl methyl sites for hydroxylation is 2. The highest BCUT2D eigenvalue weighted by Gasteiger charge is 2.34. The molecular weight excluding hydrogens is 382 g/mol. The van der Waals surface area contributed by atoms with Crippen LogP contribution in [0.2, 0.25) is 5.02 Å². The molecule has 3 heterocycles. The number of rotatable bonds is 3. The molecule has 0 radical (unpaired) electrons. The smallest absolute Gasteiger partial charge is 0.271 e. The number of likely N-dealkylation sites (tertiary alicyclic amines) is 1. The lowest BCUT2D eigenvalue weighted by molar-refractivity contribution is -0.0319. The molecule has 0 bridgehead atoms. The fraction of sp³-hybridized carbons (Fsp3) is 0.400. The largest absolute Gasteiger partial charge is 0.385 e. The molecule has 1 aromatic carbocycles. The number of piperidine rings is 1. The van der Waals surface area contributed by atoms with Gasteiger partial charge in [0.25, 0.3) is 5.56 Å². The number of pyridine rings is 1. The van der Waals surface area contributed by atoms with E-state index in [0.29, 0.717) is 24.5 Å². The summed E-state index contributed by atoms with van der Waals surface area (Å²) in [5.74, 6) is 0. The molecule has 0 aliphatic carbocycles. The van der Waals surface area contributed by atoms with Gasteiger partial charge in [-0.1, -0.05) is 23.7 Å². The van der Waals surface area contributed by atoms with E-state index in [-0.39, 0.29) is 5.56 Å². The minimum Gasteiger partial charge on any atom is -0.385 e. The first kappa shape index (κ1) is 18.6. The Bertz CT molecular complexity index is 1030. The Morgan fingerprint density at radius 1 is 1.22 bits per heavy atom. The summed E-state index contributed by atoms with van der Waals surface area (Å²) in [6, 6.07) is 9.37.